The van der Waals surface area contributed by atoms with E-state index in [1.54, 1.807) is 6.07 Å². The number of halogens is 1. The van der Waals surface area contributed by atoms with Crippen LogP contribution in [0.1, 0.15) is 26.3 Å². The normalized spacial score (nSPS) is 10.9. The van der Waals surface area contributed by atoms with E-state index >= 15 is 0 Å². The summed E-state index contributed by atoms with van der Waals surface area (Å²) in [7, 11) is 0. The molecule has 4 nitrogen and oxygen atoms in total. The molecule has 0 atom stereocenters. The molecule has 0 aromatic heterocycles. The number of anilines is 1. The molecular formula is C13H18FN3OS. The Morgan fingerprint density at radius 2 is 2.05 bits per heavy atom. The topological polar surface area (TPSA) is 67.2 Å². The van der Waals surface area contributed by atoms with Gasteiger partial charge in [0.1, 0.15) is 10.8 Å². The van der Waals surface area contributed by atoms with Crippen molar-refractivity contribution < 1.29 is 9.18 Å². The van der Waals surface area contributed by atoms with Gasteiger partial charge in [-0.15, -0.1) is 0 Å². The van der Waals surface area contributed by atoms with E-state index in [0.29, 0.717) is 5.69 Å². The summed E-state index contributed by atoms with van der Waals surface area (Å²) in [5.41, 5.74) is 5.70. The number of rotatable bonds is 4. The predicted octanol–water partition coefficient (Wildman–Crippen LogP) is 1.79. The molecule has 1 rings (SSSR count). The van der Waals surface area contributed by atoms with Gasteiger partial charge in [0.15, 0.2) is 0 Å². The summed E-state index contributed by atoms with van der Waals surface area (Å²) < 4.78 is 13.6. The van der Waals surface area contributed by atoms with Crippen LogP contribution in [-0.2, 0) is 4.79 Å². The molecule has 1 amide bonds. The van der Waals surface area contributed by atoms with Crippen LogP contribution in [0.25, 0.3) is 0 Å². The molecule has 19 heavy (non-hydrogen) atoms. The van der Waals surface area contributed by atoms with E-state index < -0.39 is 5.82 Å². The van der Waals surface area contributed by atoms with E-state index in [0.717, 1.165) is 0 Å². The molecule has 0 aliphatic heterocycles. The molecule has 0 bridgehead atoms. The Kier molecular flexibility index (Phi) is 4.83. The minimum atomic E-state index is -0.506. The largest absolute Gasteiger partial charge is 0.389 e. The van der Waals surface area contributed by atoms with Gasteiger partial charge in [-0.3, -0.25) is 4.79 Å². The first-order valence-corrected chi connectivity index (χ1v) is 6.25. The number of hydrogen-bond acceptors (Lipinski definition) is 3. The molecule has 0 spiro atoms. The Hall–Kier alpha value is -1.69. The second-order valence-electron chi connectivity index (χ2n) is 5.18. The van der Waals surface area contributed by atoms with E-state index in [9.17, 15) is 9.18 Å². The van der Waals surface area contributed by atoms with Crippen molar-refractivity contribution >= 4 is 28.8 Å². The number of hydrogen-bond donors (Lipinski definition) is 3. The Morgan fingerprint density at radius 1 is 1.42 bits per heavy atom. The molecule has 0 saturated heterocycles. The van der Waals surface area contributed by atoms with Crippen LogP contribution >= 0.6 is 12.2 Å². The van der Waals surface area contributed by atoms with E-state index in [4.69, 9.17) is 18.0 Å². The molecule has 4 N–H and O–H groups in total. The molecule has 0 unspecified atom stereocenters. The molecule has 0 saturated carbocycles. The molecule has 104 valence electrons. The van der Waals surface area contributed by atoms with Gasteiger partial charge in [-0.2, -0.15) is 0 Å². The molecular weight excluding hydrogens is 265 g/mol. The number of benzene rings is 1. The third-order valence-electron chi connectivity index (χ3n) is 2.21. The highest BCUT2D eigenvalue weighted by Gasteiger charge is 2.15. The van der Waals surface area contributed by atoms with Crippen LogP contribution in [0.3, 0.4) is 0 Å². The summed E-state index contributed by atoms with van der Waals surface area (Å²) in [6.07, 6.45) is 0. The summed E-state index contributed by atoms with van der Waals surface area (Å²) in [5, 5.41) is 5.63. The lowest BCUT2D eigenvalue weighted by Gasteiger charge is -2.21. The van der Waals surface area contributed by atoms with Crippen molar-refractivity contribution in [1.82, 2.24) is 5.32 Å². The first-order chi connectivity index (χ1) is 8.70. The maximum absolute atomic E-state index is 13.6. The predicted molar refractivity (Wildman–Crippen MR) is 78.7 cm³/mol. The van der Waals surface area contributed by atoms with Gasteiger partial charge < -0.3 is 16.4 Å². The van der Waals surface area contributed by atoms with Gasteiger partial charge in [0, 0.05) is 11.2 Å². The quantitative estimate of drug-likeness (QED) is 0.737. The maximum atomic E-state index is 13.6. The SMILES string of the molecule is CC(C)(C)NC(=O)CNc1cccc(F)c1C(N)=S. The smallest absolute Gasteiger partial charge is 0.239 e. The Morgan fingerprint density at radius 3 is 2.58 bits per heavy atom. The summed E-state index contributed by atoms with van der Waals surface area (Å²) >= 11 is 4.80. The summed E-state index contributed by atoms with van der Waals surface area (Å²) in [6, 6.07) is 4.43. The number of carbonyl (C=O) groups is 1. The highest BCUT2D eigenvalue weighted by Crippen LogP contribution is 2.18. The lowest BCUT2D eigenvalue weighted by atomic mass is 10.1. The van der Waals surface area contributed by atoms with Gasteiger partial charge in [0.05, 0.1) is 12.1 Å². The van der Waals surface area contributed by atoms with Crippen LogP contribution in [0, 0.1) is 5.82 Å². The fourth-order valence-electron chi connectivity index (χ4n) is 1.56. The Labute approximate surface area is 117 Å². The van der Waals surface area contributed by atoms with Crippen molar-refractivity contribution in [3.8, 4) is 0 Å². The summed E-state index contributed by atoms with van der Waals surface area (Å²) in [4.78, 5) is 11.6. The minimum Gasteiger partial charge on any atom is -0.389 e. The van der Waals surface area contributed by atoms with Gasteiger partial charge in [-0.05, 0) is 32.9 Å². The van der Waals surface area contributed by atoms with E-state index in [1.165, 1.54) is 12.1 Å². The minimum absolute atomic E-state index is 0.0241. The van der Waals surface area contributed by atoms with Crippen LogP contribution in [0.5, 0.6) is 0 Å². The number of carbonyl (C=O) groups excluding carboxylic acids is 1. The van der Waals surface area contributed by atoms with Crippen molar-refractivity contribution in [1.29, 1.82) is 0 Å². The highest BCUT2D eigenvalue weighted by molar-refractivity contribution is 7.80. The van der Waals surface area contributed by atoms with Gasteiger partial charge >= 0.3 is 0 Å². The number of nitrogens with two attached hydrogens (primary N) is 1. The summed E-state index contributed by atoms with van der Waals surface area (Å²) in [6.45, 7) is 5.67. The Bertz CT molecular complexity index is 497. The van der Waals surface area contributed by atoms with Crippen LogP contribution in [-0.4, -0.2) is 23.0 Å². The van der Waals surface area contributed by atoms with E-state index in [2.05, 4.69) is 10.6 Å². The third kappa shape index (κ3) is 4.82. The van der Waals surface area contributed by atoms with E-state index in [1.807, 2.05) is 20.8 Å². The Balaban J connectivity index is 2.76. The molecule has 6 heteroatoms. The second-order valence-corrected chi connectivity index (χ2v) is 5.62. The van der Waals surface area contributed by atoms with Crippen LogP contribution < -0.4 is 16.4 Å². The fourth-order valence-corrected chi connectivity index (χ4v) is 1.77. The zero-order valence-corrected chi connectivity index (χ0v) is 12.0. The van der Waals surface area contributed by atoms with Crippen molar-refractivity contribution in [2.24, 2.45) is 5.73 Å². The monoisotopic (exact) mass is 283 g/mol. The number of thiocarbonyl (C=S) groups is 1. The first-order valence-electron chi connectivity index (χ1n) is 5.84. The van der Waals surface area contributed by atoms with Crippen molar-refractivity contribution in [2.45, 2.75) is 26.3 Å². The van der Waals surface area contributed by atoms with Gasteiger partial charge in [-0.1, -0.05) is 18.3 Å². The third-order valence-corrected chi connectivity index (χ3v) is 2.42. The van der Waals surface area contributed by atoms with E-state index in [-0.39, 0.29) is 28.5 Å². The van der Waals surface area contributed by atoms with Crippen LogP contribution in [0.15, 0.2) is 18.2 Å². The molecule has 0 heterocycles. The zero-order chi connectivity index (χ0) is 14.6. The lowest BCUT2D eigenvalue weighted by molar-refractivity contribution is -0.120. The van der Waals surface area contributed by atoms with Gasteiger partial charge in [0.25, 0.3) is 0 Å². The van der Waals surface area contributed by atoms with Crippen molar-refractivity contribution in [3.63, 3.8) is 0 Å². The number of amides is 1. The molecule has 0 fully saturated rings. The first kappa shape index (κ1) is 15.4. The summed E-state index contributed by atoms with van der Waals surface area (Å²) in [5.74, 6) is -0.695. The fraction of sp³-hybridized carbons (Fsp3) is 0.385. The maximum Gasteiger partial charge on any atom is 0.239 e. The molecule has 1 aromatic rings. The van der Waals surface area contributed by atoms with Gasteiger partial charge in [-0.25, -0.2) is 4.39 Å². The number of nitrogens with one attached hydrogen (secondary N) is 2. The second kappa shape index (κ2) is 5.97. The molecule has 0 aliphatic rings. The van der Waals surface area contributed by atoms with Crippen LogP contribution in [0.2, 0.25) is 0 Å². The molecule has 0 radical (unpaired) electrons. The average Bonchev–Trinajstić information content (AvgIpc) is 2.23. The average molecular weight is 283 g/mol. The lowest BCUT2D eigenvalue weighted by Crippen LogP contribution is -2.43. The van der Waals surface area contributed by atoms with Gasteiger partial charge in [0.2, 0.25) is 5.91 Å². The van der Waals surface area contributed by atoms with Crippen molar-refractivity contribution in [2.75, 3.05) is 11.9 Å². The van der Waals surface area contributed by atoms with Crippen LogP contribution in [0.4, 0.5) is 10.1 Å². The standard InChI is InChI=1S/C13H18FN3OS/c1-13(2,3)17-10(18)7-16-9-6-4-5-8(14)11(9)12(15)19/h4-6,16H,7H2,1-3H3,(H2,15,19)(H,17,18). The zero-order valence-electron chi connectivity index (χ0n) is 11.2. The van der Waals surface area contributed by atoms with Crippen molar-refractivity contribution in [3.05, 3.63) is 29.6 Å². The molecule has 0 aliphatic carbocycles. The highest BCUT2D eigenvalue weighted by atomic mass is 32.1. The molecule has 1 aromatic carbocycles.